The standard InChI is InChI=1S/C9H19S.H2O.Os/c1-3-5-6-7-8-9(10)4-2;;/h9-10H,2-8H2,1H3;1H2;/q-1;;+2/p-1. The van der Waals surface area contributed by atoms with E-state index in [9.17, 15) is 0 Å². The van der Waals surface area contributed by atoms with Gasteiger partial charge in [-0.05, 0) is 0 Å². The number of rotatable bonds is 6. The van der Waals surface area contributed by atoms with Crippen LogP contribution in [0.25, 0.3) is 0 Å². The molecule has 76 valence electrons. The average Bonchev–Trinajstić information content (AvgIpc) is 1.98. The normalized spacial score (nSPS) is 11.2. The molecule has 0 radical (unpaired) electrons. The van der Waals surface area contributed by atoms with Crippen LogP contribution >= 0.6 is 0 Å². The third kappa shape index (κ3) is 13.5. The van der Waals surface area contributed by atoms with Gasteiger partial charge < -0.3 is 25.0 Å². The van der Waals surface area contributed by atoms with Gasteiger partial charge >= 0.3 is 19.8 Å². The Balaban J connectivity index is -0.000000405. The molecule has 0 rings (SSSR count). The Morgan fingerprint density at radius 1 is 1.25 bits per heavy atom. The van der Waals surface area contributed by atoms with Crippen LogP contribution in [-0.4, -0.2) is 10.7 Å². The summed E-state index contributed by atoms with van der Waals surface area (Å²) < 4.78 is 0. The van der Waals surface area contributed by atoms with Crippen LogP contribution in [0.4, 0.5) is 0 Å². The first-order chi connectivity index (χ1) is 4.81. The molecule has 3 heteroatoms. The molecular weight excluding hydrogens is 346 g/mol. The van der Waals surface area contributed by atoms with Gasteiger partial charge in [0.1, 0.15) is 0 Å². The van der Waals surface area contributed by atoms with E-state index in [2.05, 4.69) is 13.8 Å². The Hall–Kier alpha value is 0.946. The Bertz CT molecular complexity index is 71.5. The first kappa shape index (κ1) is 18.7. The van der Waals surface area contributed by atoms with E-state index < -0.39 is 0 Å². The molecule has 1 atom stereocenters. The molecule has 1 nitrogen and oxygen atoms in total. The molecule has 0 aromatic rings. The first-order valence-electron chi connectivity index (χ1n) is 4.26. The fraction of sp³-hybridized carbons (Fsp3) is 0.889. The summed E-state index contributed by atoms with van der Waals surface area (Å²) in [6.07, 6.45) is 7.44. The Labute approximate surface area is 95.5 Å². The molecule has 0 aromatic heterocycles. The van der Waals surface area contributed by atoms with Crippen molar-refractivity contribution >= 4 is 12.6 Å². The molecular formula is C9H20OOsS. The van der Waals surface area contributed by atoms with Crippen LogP contribution in [0.2, 0.25) is 0 Å². The van der Waals surface area contributed by atoms with Crippen LogP contribution in [0.3, 0.4) is 0 Å². The Kier molecular flexibility index (Phi) is 22.5. The molecule has 0 aromatic carbocycles. The molecule has 0 spiro atoms. The van der Waals surface area contributed by atoms with Crippen molar-refractivity contribution in [3.8, 4) is 0 Å². The van der Waals surface area contributed by atoms with Gasteiger partial charge in [0.2, 0.25) is 0 Å². The molecule has 0 fully saturated rings. The van der Waals surface area contributed by atoms with E-state index in [1.165, 1.54) is 32.1 Å². The van der Waals surface area contributed by atoms with Gasteiger partial charge in [-0.15, -0.1) is 0 Å². The quantitative estimate of drug-likeness (QED) is 0.403. The van der Waals surface area contributed by atoms with Gasteiger partial charge in [-0.3, -0.25) is 0 Å². The molecule has 1 unspecified atom stereocenters. The van der Waals surface area contributed by atoms with Crippen LogP contribution in [-0.2, 0) is 32.4 Å². The van der Waals surface area contributed by atoms with Crippen molar-refractivity contribution in [1.82, 2.24) is 0 Å². The van der Waals surface area contributed by atoms with Crippen molar-refractivity contribution in [3.05, 3.63) is 6.92 Å². The van der Waals surface area contributed by atoms with Gasteiger partial charge in [-0.1, -0.05) is 39.0 Å². The van der Waals surface area contributed by atoms with Gasteiger partial charge in [0.05, 0.1) is 0 Å². The fourth-order valence-electron chi connectivity index (χ4n) is 0.943. The molecule has 0 aliphatic carbocycles. The summed E-state index contributed by atoms with van der Waals surface area (Å²) in [5, 5.41) is 0.428. The number of hydrogen-bond acceptors (Lipinski definition) is 1. The van der Waals surface area contributed by atoms with Crippen LogP contribution in [0.1, 0.15) is 45.4 Å². The zero-order valence-electron chi connectivity index (χ0n) is 7.79. The third-order valence-corrected chi connectivity index (χ3v) is 2.17. The van der Waals surface area contributed by atoms with Gasteiger partial charge in [0.15, 0.2) is 0 Å². The molecule has 0 bridgehead atoms. The maximum Gasteiger partial charge on any atom is 2.00 e. The summed E-state index contributed by atoms with van der Waals surface area (Å²) in [5.74, 6) is 0. The Morgan fingerprint density at radius 3 is 2.25 bits per heavy atom. The van der Waals surface area contributed by atoms with E-state index >= 15 is 0 Å². The first-order valence-corrected chi connectivity index (χ1v) is 4.73. The van der Waals surface area contributed by atoms with E-state index in [-0.39, 0.29) is 25.3 Å². The molecule has 0 aliphatic heterocycles. The SMILES string of the molecule is O.[CH2-]CC([S-])CCCCCC.[Os+2]. The molecule has 12 heavy (non-hydrogen) atoms. The average molecular weight is 367 g/mol. The molecule has 2 N–H and O–H groups in total. The predicted molar refractivity (Wildman–Crippen MR) is 53.5 cm³/mol. The summed E-state index contributed by atoms with van der Waals surface area (Å²) >= 11 is 5.13. The second-order valence-corrected chi connectivity index (χ2v) is 3.43. The summed E-state index contributed by atoms with van der Waals surface area (Å²) in [7, 11) is 0. The van der Waals surface area contributed by atoms with E-state index in [1.54, 1.807) is 0 Å². The zero-order chi connectivity index (χ0) is 7.82. The molecule has 0 aliphatic rings. The van der Waals surface area contributed by atoms with Gasteiger partial charge in [0, 0.05) is 0 Å². The van der Waals surface area contributed by atoms with E-state index in [0.29, 0.717) is 5.25 Å². The second-order valence-electron chi connectivity index (χ2n) is 2.76. The maximum atomic E-state index is 5.13. The fourth-order valence-corrected chi connectivity index (χ4v) is 1.11. The van der Waals surface area contributed by atoms with Crippen molar-refractivity contribution in [1.29, 1.82) is 0 Å². The van der Waals surface area contributed by atoms with Crippen molar-refractivity contribution in [3.63, 3.8) is 0 Å². The van der Waals surface area contributed by atoms with E-state index in [0.717, 1.165) is 6.42 Å². The van der Waals surface area contributed by atoms with Crippen molar-refractivity contribution in [2.24, 2.45) is 0 Å². The number of unbranched alkanes of at least 4 members (excludes halogenated alkanes) is 3. The minimum absolute atomic E-state index is 0. The largest absolute Gasteiger partial charge is 2.00 e. The summed E-state index contributed by atoms with van der Waals surface area (Å²) in [4.78, 5) is 0. The monoisotopic (exact) mass is 368 g/mol. The maximum absolute atomic E-state index is 5.13. The minimum Gasteiger partial charge on any atom is -0.792 e. The topological polar surface area (TPSA) is 31.5 Å². The predicted octanol–water partition coefficient (Wildman–Crippen LogP) is 2.27. The van der Waals surface area contributed by atoms with E-state index in [1.807, 2.05) is 0 Å². The van der Waals surface area contributed by atoms with Crippen molar-refractivity contribution < 1.29 is 25.3 Å². The minimum atomic E-state index is 0. The van der Waals surface area contributed by atoms with Crippen molar-refractivity contribution in [2.45, 2.75) is 50.7 Å². The smallest absolute Gasteiger partial charge is 0.792 e. The van der Waals surface area contributed by atoms with Gasteiger partial charge in [0.25, 0.3) is 0 Å². The van der Waals surface area contributed by atoms with Crippen LogP contribution in [0.15, 0.2) is 0 Å². The van der Waals surface area contributed by atoms with Crippen LogP contribution in [0, 0.1) is 6.92 Å². The van der Waals surface area contributed by atoms with Crippen LogP contribution < -0.4 is 0 Å². The Morgan fingerprint density at radius 2 is 1.83 bits per heavy atom. The summed E-state index contributed by atoms with van der Waals surface area (Å²) in [6, 6.07) is 0. The van der Waals surface area contributed by atoms with Gasteiger partial charge in [-0.25, -0.2) is 6.42 Å². The second kappa shape index (κ2) is 14.5. The van der Waals surface area contributed by atoms with E-state index in [4.69, 9.17) is 12.6 Å². The molecule has 0 amide bonds. The zero-order valence-corrected chi connectivity index (χ0v) is 11.1. The summed E-state index contributed by atoms with van der Waals surface area (Å²) in [6.45, 7) is 6.01. The molecule has 0 saturated carbocycles. The number of hydrogen-bond donors (Lipinski definition) is 0. The molecule has 0 saturated heterocycles. The third-order valence-electron chi connectivity index (χ3n) is 1.70. The van der Waals surface area contributed by atoms with Crippen LogP contribution in [0.5, 0.6) is 0 Å². The molecule has 0 heterocycles. The summed E-state index contributed by atoms with van der Waals surface area (Å²) in [5.41, 5.74) is 0. The van der Waals surface area contributed by atoms with Gasteiger partial charge in [-0.2, -0.15) is 5.25 Å². The van der Waals surface area contributed by atoms with Crippen molar-refractivity contribution in [2.75, 3.05) is 0 Å².